The molecule has 0 heterocycles. The van der Waals surface area contributed by atoms with Crippen molar-refractivity contribution in [2.24, 2.45) is 5.41 Å². The van der Waals surface area contributed by atoms with E-state index in [4.69, 9.17) is 37.9 Å². The molecule has 0 aliphatic carbocycles. The van der Waals surface area contributed by atoms with E-state index in [9.17, 15) is 19.2 Å². The second-order valence-corrected chi connectivity index (χ2v) is 7.20. The number of hydrogen-bond donors (Lipinski definition) is 0. The third kappa shape index (κ3) is 36.8. The van der Waals surface area contributed by atoms with Gasteiger partial charge in [-0.15, -0.1) is 0 Å². The number of rotatable bonds is 24. The summed E-state index contributed by atoms with van der Waals surface area (Å²) < 4.78 is 42.3. The number of ether oxygens (including phenoxy) is 8. The third-order valence-electron chi connectivity index (χ3n) is 4.19. The number of esters is 4. The number of hydrogen-bond acceptors (Lipinski definition) is 12. The minimum atomic E-state index is -0.879. The van der Waals surface area contributed by atoms with Crippen LogP contribution < -0.4 is 0 Å². The fourth-order valence-electron chi connectivity index (χ4n) is 2.45. The highest BCUT2D eigenvalue weighted by molar-refractivity contribution is 5.82. The van der Waals surface area contributed by atoms with Crippen molar-refractivity contribution < 1.29 is 57.1 Å². The van der Waals surface area contributed by atoms with Crippen LogP contribution in [0.5, 0.6) is 0 Å². The number of carbonyl (C=O) groups excluding carboxylic acids is 4. The molecule has 0 aliphatic heterocycles. The molecule has 0 N–H and O–H groups in total. The van der Waals surface area contributed by atoms with Gasteiger partial charge in [-0.25, -0.2) is 19.2 Å². The molecule has 0 saturated heterocycles. The van der Waals surface area contributed by atoms with Crippen molar-refractivity contribution in [2.75, 3.05) is 79.3 Å². The van der Waals surface area contributed by atoms with Crippen LogP contribution in [0.2, 0.25) is 0 Å². The predicted octanol–water partition coefficient (Wildman–Crippen LogP) is 6.04. The van der Waals surface area contributed by atoms with Gasteiger partial charge < -0.3 is 37.9 Å². The van der Waals surface area contributed by atoms with Crippen LogP contribution in [0.25, 0.3) is 0 Å². The summed E-state index contributed by atoms with van der Waals surface area (Å²) in [4.78, 5) is 44.8. The largest absolute Gasteiger partial charge is 0.460 e. The fourth-order valence-corrected chi connectivity index (χ4v) is 2.45. The van der Waals surface area contributed by atoms with Crippen LogP contribution in [0, 0.1) is 5.41 Å². The molecule has 0 aromatic carbocycles. The van der Waals surface area contributed by atoms with E-state index in [0.29, 0.717) is 0 Å². The van der Waals surface area contributed by atoms with Gasteiger partial charge in [0.25, 0.3) is 0 Å². The summed E-state index contributed by atoms with van der Waals surface area (Å²) in [6.07, 6.45) is 4.16. The summed E-state index contributed by atoms with van der Waals surface area (Å²) in [5, 5.41) is 0. The van der Waals surface area contributed by atoms with Crippen molar-refractivity contribution in [3.63, 3.8) is 0 Å². The Morgan fingerprint density at radius 2 is 0.556 bits per heavy atom. The van der Waals surface area contributed by atoms with Crippen molar-refractivity contribution in [3.05, 3.63) is 50.6 Å². The summed E-state index contributed by atoms with van der Waals surface area (Å²) in [6.45, 7) is 13.8. The Hall–Kier alpha value is -3.32. The molecule has 0 atom stereocenters. The van der Waals surface area contributed by atoms with Gasteiger partial charge in [-0.3, -0.25) is 0 Å². The average Bonchev–Trinajstić information content (AvgIpc) is 2.91. The lowest BCUT2D eigenvalue weighted by atomic mass is 9.92. The molecule has 12 heteroatoms. The summed E-state index contributed by atoms with van der Waals surface area (Å²) in [7, 11) is 0. The number of carbonyl (C=O) groups is 4. The first-order valence-electron chi connectivity index (χ1n) is 11.3. The zero-order valence-corrected chi connectivity index (χ0v) is 21.0. The average molecular weight is 657 g/mol. The summed E-state index contributed by atoms with van der Waals surface area (Å²) >= 11 is 0. The molecule has 0 radical (unpaired) electrons. The Morgan fingerprint density at radius 3 is 0.711 bits per heavy atom. The van der Waals surface area contributed by atoms with E-state index >= 15 is 0 Å². The van der Waals surface area contributed by atoms with E-state index in [0.717, 1.165) is 24.3 Å². The van der Waals surface area contributed by atoms with Crippen LogP contribution in [0.4, 0.5) is 0 Å². The first-order valence-corrected chi connectivity index (χ1v) is 11.3. The zero-order chi connectivity index (χ0) is 27.8. The van der Waals surface area contributed by atoms with Crippen molar-refractivity contribution in [1.82, 2.24) is 0 Å². The highest BCUT2D eigenvalue weighted by atomic mass is 16.6. The van der Waals surface area contributed by atoms with Crippen LogP contribution in [0.3, 0.4) is 0 Å². The summed E-state index contributed by atoms with van der Waals surface area (Å²) in [5.41, 5.74) is -0.879. The maximum atomic E-state index is 11.2. The van der Waals surface area contributed by atoms with Gasteiger partial charge in [0.2, 0.25) is 0 Å². The molecule has 0 fully saturated rings. The van der Waals surface area contributed by atoms with E-state index in [1.165, 1.54) is 0 Å². The van der Waals surface area contributed by atoms with Crippen LogP contribution in [-0.4, -0.2) is 103 Å². The molecule has 0 unspecified atom stereocenters. The van der Waals surface area contributed by atoms with E-state index in [-0.39, 0.29) is 139 Å². The lowest BCUT2D eigenvalue weighted by Crippen LogP contribution is -2.43. The molecule has 0 bridgehead atoms. The van der Waals surface area contributed by atoms with Gasteiger partial charge in [-0.2, -0.15) is 0 Å². The molecule has 12 nitrogen and oxygen atoms in total. The molecular formula is C33H68O12. The molecule has 272 valence electrons. The van der Waals surface area contributed by atoms with Crippen LogP contribution in [0.1, 0.15) is 59.4 Å². The van der Waals surface area contributed by atoms with Crippen LogP contribution >= 0.6 is 0 Å². The lowest BCUT2D eigenvalue weighted by Gasteiger charge is -2.33. The maximum absolute atomic E-state index is 11.2. The summed E-state index contributed by atoms with van der Waals surface area (Å²) in [5.74, 6) is -2.33. The first kappa shape index (κ1) is 64.6. The van der Waals surface area contributed by atoms with Gasteiger partial charge in [0.1, 0.15) is 26.4 Å². The Morgan fingerprint density at radius 1 is 0.378 bits per heavy atom. The Bertz CT molecular complexity index is 624. The SMILES string of the molecule is C.C.C.C.C.C.C.C.C=CC(=O)OCCOCC(COCCOC(=O)C=C)(COCCOC(=O)C=C)COCCOC(=O)C=C. The van der Waals surface area contributed by atoms with Crippen molar-refractivity contribution in [1.29, 1.82) is 0 Å². The monoisotopic (exact) mass is 656 g/mol. The predicted molar refractivity (Wildman–Crippen MR) is 184 cm³/mol. The fraction of sp³-hybridized carbons (Fsp3) is 0.636. The normalized spacial score (nSPS) is 8.71. The van der Waals surface area contributed by atoms with Crippen molar-refractivity contribution in [2.45, 2.75) is 59.4 Å². The van der Waals surface area contributed by atoms with Gasteiger partial charge in [-0.05, 0) is 0 Å². The highest BCUT2D eigenvalue weighted by Gasteiger charge is 2.33. The van der Waals surface area contributed by atoms with Gasteiger partial charge in [0, 0.05) is 24.3 Å². The molecule has 0 aliphatic rings. The highest BCUT2D eigenvalue weighted by Crippen LogP contribution is 2.21. The Balaban J connectivity index is -0.000000231. The van der Waals surface area contributed by atoms with E-state index in [1.807, 2.05) is 0 Å². The molecular weight excluding hydrogens is 588 g/mol. The van der Waals surface area contributed by atoms with Gasteiger partial charge >= 0.3 is 23.9 Å². The third-order valence-corrected chi connectivity index (χ3v) is 4.19. The minimum Gasteiger partial charge on any atom is -0.460 e. The molecule has 0 amide bonds. The quantitative estimate of drug-likeness (QED) is 0.0517. The molecule has 0 saturated carbocycles. The van der Waals surface area contributed by atoms with E-state index < -0.39 is 29.3 Å². The second-order valence-electron chi connectivity index (χ2n) is 7.20. The molecule has 0 spiro atoms. The van der Waals surface area contributed by atoms with Crippen LogP contribution in [0.15, 0.2) is 50.6 Å². The smallest absolute Gasteiger partial charge is 0.330 e. The molecule has 0 aromatic heterocycles. The van der Waals surface area contributed by atoms with E-state index in [1.54, 1.807) is 0 Å². The Kier molecular flexibility index (Phi) is 61.4. The van der Waals surface area contributed by atoms with Crippen molar-refractivity contribution in [3.8, 4) is 0 Å². The summed E-state index contributed by atoms with van der Waals surface area (Å²) in [6, 6.07) is 0. The van der Waals surface area contributed by atoms with Crippen molar-refractivity contribution >= 4 is 23.9 Å². The first-order chi connectivity index (χ1) is 17.8. The minimum absolute atomic E-state index is 0. The van der Waals surface area contributed by atoms with Gasteiger partial charge in [-0.1, -0.05) is 85.7 Å². The molecule has 0 rings (SSSR count). The zero-order valence-electron chi connectivity index (χ0n) is 21.0. The topological polar surface area (TPSA) is 142 Å². The van der Waals surface area contributed by atoms with Crippen LogP contribution in [-0.2, 0) is 57.1 Å². The van der Waals surface area contributed by atoms with Gasteiger partial charge in [0.05, 0.1) is 58.3 Å². The maximum Gasteiger partial charge on any atom is 0.330 e. The standard InChI is InChI=1S/C25H36O12.8CH4/c1-5-21(26)34-13-9-30-17-25(18-31-10-14-35-22(27)6-2,19-32-11-15-36-23(28)7-3)20-33-12-16-37-24(29)8-4;;;;;;;;/h5-8H,1-4,9-20H2;8*1H4. The Labute approximate surface area is 275 Å². The molecule has 0 aromatic rings. The lowest BCUT2D eigenvalue weighted by molar-refractivity contribution is -0.146. The second kappa shape index (κ2) is 42.8. The molecule has 45 heavy (non-hydrogen) atoms. The van der Waals surface area contributed by atoms with Gasteiger partial charge in [0.15, 0.2) is 0 Å². The van der Waals surface area contributed by atoms with E-state index in [2.05, 4.69) is 26.3 Å².